The normalized spacial score (nSPS) is 12.0. The molecule has 11 heteroatoms. The topological polar surface area (TPSA) is 111 Å². The minimum atomic E-state index is -3.83. The first kappa shape index (κ1) is 24.6. The lowest BCUT2D eigenvalue weighted by molar-refractivity contribution is 0.609. The van der Waals surface area contributed by atoms with Crippen LogP contribution >= 0.6 is 11.3 Å². The highest BCUT2D eigenvalue weighted by molar-refractivity contribution is 7.95. The van der Waals surface area contributed by atoms with Crippen LogP contribution in [0.1, 0.15) is 22.3 Å². The van der Waals surface area contributed by atoms with E-state index in [4.69, 9.17) is 0 Å². The molecule has 0 unspecified atom stereocenters. The SMILES string of the molecule is Cc1cc(C)c(C=CS(=O)(=O)Nc2cnc3c(-c4nnc(-c5ccccc5)s4)c(=O)n(C)n3c2)c(C)c1. The molecule has 0 bridgehead atoms. The van der Waals surface area contributed by atoms with Crippen molar-refractivity contribution >= 4 is 38.8 Å². The molecular weight excluding hydrogens is 508 g/mol. The van der Waals surface area contributed by atoms with E-state index in [9.17, 15) is 13.2 Å². The fourth-order valence-electron chi connectivity index (χ4n) is 4.25. The van der Waals surface area contributed by atoms with Crippen molar-refractivity contribution in [1.82, 2.24) is 24.4 Å². The molecule has 0 saturated heterocycles. The summed E-state index contributed by atoms with van der Waals surface area (Å²) in [5, 5.41) is 10.7. The molecule has 9 nitrogen and oxygen atoms in total. The quantitative estimate of drug-likeness (QED) is 0.343. The number of aromatic nitrogens is 5. The summed E-state index contributed by atoms with van der Waals surface area (Å²) in [5.41, 5.74) is 5.43. The van der Waals surface area contributed by atoms with Gasteiger partial charge in [0.2, 0.25) is 0 Å². The Morgan fingerprint density at radius 2 is 1.68 bits per heavy atom. The van der Waals surface area contributed by atoms with Crippen LogP contribution in [-0.2, 0) is 17.1 Å². The summed E-state index contributed by atoms with van der Waals surface area (Å²) in [6, 6.07) is 13.6. The molecule has 5 rings (SSSR count). The zero-order valence-electron chi connectivity index (χ0n) is 20.6. The average Bonchev–Trinajstić information content (AvgIpc) is 3.42. The summed E-state index contributed by atoms with van der Waals surface area (Å²) in [5.74, 6) is 0. The van der Waals surface area contributed by atoms with E-state index < -0.39 is 10.0 Å². The van der Waals surface area contributed by atoms with Crippen molar-refractivity contribution in [1.29, 1.82) is 0 Å². The van der Waals surface area contributed by atoms with E-state index >= 15 is 0 Å². The summed E-state index contributed by atoms with van der Waals surface area (Å²) in [7, 11) is -2.25. The lowest BCUT2D eigenvalue weighted by atomic mass is 10.0. The molecule has 188 valence electrons. The minimum Gasteiger partial charge on any atom is -0.277 e. The van der Waals surface area contributed by atoms with Gasteiger partial charge in [0.25, 0.3) is 15.6 Å². The van der Waals surface area contributed by atoms with Gasteiger partial charge in [-0.05, 0) is 43.5 Å². The third kappa shape index (κ3) is 4.83. The number of nitrogens with zero attached hydrogens (tertiary/aromatic N) is 5. The number of fused-ring (bicyclic) bond motifs is 1. The molecule has 0 saturated carbocycles. The highest BCUT2D eigenvalue weighted by Gasteiger charge is 2.21. The Morgan fingerprint density at radius 3 is 2.38 bits per heavy atom. The summed E-state index contributed by atoms with van der Waals surface area (Å²) >= 11 is 1.29. The Bertz CT molecular complexity index is 1810. The summed E-state index contributed by atoms with van der Waals surface area (Å²) in [6.45, 7) is 5.90. The van der Waals surface area contributed by atoms with Gasteiger partial charge in [-0.3, -0.25) is 9.52 Å². The molecule has 0 aliphatic heterocycles. The van der Waals surface area contributed by atoms with Gasteiger partial charge in [-0.15, -0.1) is 10.2 Å². The van der Waals surface area contributed by atoms with Crippen LogP contribution in [0.15, 0.2) is 65.1 Å². The number of benzene rings is 2. The molecule has 0 aliphatic rings. The Kier molecular flexibility index (Phi) is 6.26. The van der Waals surface area contributed by atoms with Crippen LogP contribution in [0.25, 0.3) is 32.9 Å². The third-order valence-corrected chi connectivity index (χ3v) is 7.93. The van der Waals surface area contributed by atoms with E-state index in [0.717, 1.165) is 33.2 Å². The number of sulfonamides is 1. The summed E-state index contributed by atoms with van der Waals surface area (Å²) in [6.07, 6.45) is 4.48. The van der Waals surface area contributed by atoms with Gasteiger partial charge in [-0.2, -0.15) is 0 Å². The van der Waals surface area contributed by atoms with Crippen molar-refractivity contribution in [3.8, 4) is 21.1 Å². The zero-order valence-corrected chi connectivity index (χ0v) is 22.3. The second-order valence-corrected chi connectivity index (χ2v) is 11.3. The number of aryl methyl sites for hydroxylation is 4. The van der Waals surface area contributed by atoms with Crippen LogP contribution in [0, 0.1) is 20.8 Å². The van der Waals surface area contributed by atoms with E-state index in [1.807, 2.05) is 63.2 Å². The van der Waals surface area contributed by atoms with Gasteiger partial charge in [0.05, 0.1) is 23.5 Å². The first-order valence-corrected chi connectivity index (χ1v) is 13.7. The maximum Gasteiger partial charge on any atom is 0.279 e. The first-order valence-electron chi connectivity index (χ1n) is 11.4. The van der Waals surface area contributed by atoms with Gasteiger partial charge < -0.3 is 0 Å². The van der Waals surface area contributed by atoms with Gasteiger partial charge in [0.1, 0.15) is 10.6 Å². The van der Waals surface area contributed by atoms with Crippen LogP contribution < -0.4 is 10.3 Å². The van der Waals surface area contributed by atoms with Gasteiger partial charge in [0.15, 0.2) is 10.7 Å². The highest BCUT2D eigenvalue weighted by Crippen LogP contribution is 2.30. The number of hydrogen-bond donors (Lipinski definition) is 1. The Labute approximate surface area is 217 Å². The van der Waals surface area contributed by atoms with Gasteiger partial charge in [0, 0.05) is 12.6 Å². The molecule has 0 fully saturated rings. The fraction of sp³-hybridized carbons (Fsp3) is 0.154. The largest absolute Gasteiger partial charge is 0.279 e. The van der Waals surface area contributed by atoms with E-state index in [-0.39, 0.29) is 11.2 Å². The van der Waals surface area contributed by atoms with Crippen molar-refractivity contribution in [3.63, 3.8) is 0 Å². The number of hydrogen-bond acceptors (Lipinski definition) is 7. The lowest BCUT2D eigenvalue weighted by Crippen LogP contribution is -2.16. The molecule has 0 amide bonds. The second-order valence-electron chi connectivity index (χ2n) is 8.76. The van der Waals surface area contributed by atoms with Crippen LogP contribution in [0.2, 0.25) is 0 Å². The van der Waals surface area contributed by atoms with Crippen LogP contribution in [0.3, 0.4) is 0 Å². The Morgan fingerprint density at radius 1 is 1.00 bits per heavy atom. The minimum absolute atomic E-state index is 0.217. The van der Waals surface area contributed by atoms with Crippen LogP contribution in [0.5, 0.6) is 0 Å². The van der Waals surface area contributed by atoms with Crippen molar-refractivity contribution in [2.24, 2.45) is 7.05 Å². The molecule has 2 aromatic carbocycles. The molecular formula is C26H24N6O3S2. The molecule has 37 heavy (non-hydrogen) atoms. The molecule has 0 aliphatic carbocycles. The van der Waals surface area contributed by atoms with E-state index in [2.05, 4.69) is 19.9 Å². The van der Waals surface area contributed by atoms with E-state index in [1.165, 1.54) is 32.9 Å². The number of nitrogens with one attached hydrogen (secondary N) is 1. The Hall–Kier alpha value is -4.09. The molecule has 3 heterocycles. The standard InChI is InChI=1S/C26H24N6O3S2/c1-16-12-17(2)21(18(3)13-16)10-11-37(34,35)30-20-14-27-23-22(26(33)31(4)32(23)15-20)25-29-28-24(36-25)19-8-6-5-7-9-19/h5-15,30H,1-4H3. The third-order valence-electron chi connectivity index (χ3n) is 5.93. The lowest BCUT2D eigenvalue weighted by Gasteiger charge is -2.08. The smallest absolute Gasteiger partial charge is 0.277 e. The first-order chi connectivity index (χ1) is 17.6. The maximum atomic E-state index is 13.1. The molecule has 1 N–H and O–H groups in total. The fourth-order valence-corrected chi connectivity index (χ4v) is 5.95. The maximum absolute atomic E-state index is 13.1. The molecule has 0 atom stereocenters. The summed E-state index contributed by atoms with van der Waals surface area (Å²) < 4.78 is 31.0. The Balaban J connectivity index is 1.46. The van der Waals surface area contributed by atoms with Crippen molar-refractivity contribution in [3.05, 3.63) is 92.9 Å². The van der Waals surface area contributed by atoms with Crippen LogP contribution in [0.4, 0.5) is 5.69 Å². The molecule has 5 aromatic rings. The van der Waals surface area contributed by atoms with Crippen molar-refractivity contribution in [2.45, 2.75) is 20.8 Å². The predicted octanol–water partition coefficient (Wildman–Crippen LogP) is 4.56. The van der Waals surface area contributed by atoms with Gasteiger partial charge in [-0.25, -0.2) is 22.6 Å². The van der Waals surface area contributed by atoms with Crippen LogP contribution in [-0.4, -0.2) is 32.8 Å². The molecule has 0 radical (unpaired) electrons. The second kappa shape index (κ2) is 9.41. The highest BCUT2D eigenvalue weighted by atomic mass is 32.2. The average molecular weight is 533 g/mol. The van der Waals surface area contributed by atoms with Gasteiger partial charge in [-0.1, -0.05) is 59.4 Å². The molecule has 0 spiro atoms. The zero-order chi connectivity index (χ0) is 26.3. The predicted molar refractivity (Wildman–Crippen MR) is 147 cm³/mol. The van der Waals surface area contributed by atoms with Crippen molar-refractivity contribution in [2.75, 3.05) is 4.72 Å². The number of rotatable bonds is 6. The number of anilines is 1. The summed E-state index contributed by atoms with van der Waals surface area (Å²) in [4.78, 5) is 17.5. The van der Waals surface area contributed by atoms with Crippen molar-refractivity contribution < 1.29 is 8.42 Å². The van der Waals surface area contributed by atoms with E-state index in [1.54, 1.807) is 13.1 Å². The molecule has 3 aromatic heterocycles. The van der Waals surface area contributed by atoms with E-state index in [0.29, 0.717) is 21.2 Å². The van der Waals surface area contributed by atoms with Gasteiger partial charge >= 0.3 is 0 Å². The monoisotopic (exact) mass is 532 g/mol.